The van der Waals surface area contributed by atoms with Gasteiger partial charge >= 0.3 is 6.61 Å². The third-order valence-corrected chi connectivity index (χ3v) is 4.20. The van der Waals surface area contributed by atoms with Gasteiger partial charge in [0, 0.05) is 12.2 Å². The SMILES string of the molecule is CCOc1cc(-c2n[nH]c(=S)n2CC2CCCO2)ccc1OC(F)F. The minimum atomic E-state index is -2.92. The van der Waals surface area contributed by atoms with Crippen molar-refractivity contribution >= 4 is 12.2 Å². The zero-order valence-electron chi connectivity index (χ0n) is 13.7. The summed E-state index contributed by atoms with van der Waals surface area (Å²) in [4.78, 5) is 0. The molecule has 136 valence electrons. The van der Waals surface area contributed by atoms with E-state index < -0.39 is 6.61 Å². The predicted octanol–water partition coefficient (Wildman–Crippen LogP) is 3.79. The summed E-state index contributed by atoms with van der Waals surface area (Å²) in [6.45, 7) is 0.514. The molecule has 0 radical (unpaired) electrons. The minimum Gasteiger partial charge on any atom is -0.490 e. The highest BCUT2D eigenvalue weighted by molar-refractivity contribution is 7.71. The molecular formula is C16H19F2N3O3S. The number of H-pyrrole nitrogens is 1. The third kappa shape index (κ3) is 4.16. The van der Waals surface area contributed by atoms with Crippen molar-refractivity contribution < 1.29 is 23.0 Å². The molecule has 9 heteroatoms. The van der Waals surface area contributed by atoms with Gasteiger partial charge in [-0.05, 0) is 50.2 Å². The highest BCUT2D eigenvalue weighted by Gasteiger charge is 2.20. The molecule has 1 unspecified atom stereocenters. The van der Waals surface area contributed by atoms with E-state index in [0.29, 0.717) is 29.3 Å². The Morgan fingerprint density at radius 2 is 2.28 bits per heavy atom. The van der Waals surface area contributed by atoms with Gasteiger partial charge in [0.25, 0.3) is 0 Å². The molecule has 1 fully saturated rings. The Morgan fingerprint density at radius 3 is 2.96 bits per heavy atom. The van der Waals surface area contributed by atoms with Crippen LogP contribution in [0.25, 0.3) is 11.4 Å². The van der Waals surface area contributed by atoms with Crippen molar-refractivity contribution in [2.45, 2.75) is 39.0 Å². The fraction of sp³-hybridized carbons (Fsp3) is 0.500. The average Bonchev–Trinajstić information content (AvgIpc) is 3.20. The number of aromatic amines is 1. The maximum Gasteiger partial charge on any atom is 0.387 e. The lowest BCUT2D eigenvalue weighted by Gasteiger charge is -2.14. The molecular weight excluding hydrogens is 352 g/mol. The molecule has 1 aromatic carbocycles. The fourth-order valence-corrected chi connectivity index (χ4v) is 3.01. The van der Waals surface area contributed by atoms with E-state index in [2.05, 4.69) is 14.9 Å². The first-order valence-corrected chi connectivity index (χ1v) is 8.48. The Bertz CT molecular complexity index is 772. The topological polar surface area (TPSA) is 61.3 Å². The molecule has 1 aliphatic rings. The molecule has 1 aromatic heterocycles. The number of rotatable bonds is 7. The number of hydrogen-bond acceptors (Lipinski definition) is 5. The van der Waals surface area contributed by atoms with Crippen LogP contribution in [0.3, 0.4) is 0 Å². The molecule has 0 saturated carbocycles. The van der Waals surface area contributed by atoms with Crippen molar-refractivity contribution in [2.24, 2.45) is 0 Å². The molecule has 2 aromatic rings. The second kappa shape index (κ2) is 7.92. The smallest absolute Gasteiger partial charge is 0.387 e. The number of nitrogens with one attached hydrogen (secondary N) is 1. The molecule has 0 spiro atoms. The first-order chi connectivity index (χ1) is 12.1. The molecule has 1 N–H and O–H groups in total. The molecule has 0 bridgehead atoms. The molecule has 1 saturated heterocycles. The van der Waals surface area contributed by atoms with Gasteiger partial charge in [0.1, 0.15) is 0 Å². The van der Waals surface area contributed by atoms with Crippen LogP contribution in [0.1, 0.15) is 19.8 Å². The standard InChI is InChI=1S/C16H19F2N3O3S/c1-2-22-13-8-10(5-6-12(13)24-15(17)18)14-19-20-16(25)21(14)9-11-4-3-7-23-11/h5-6,8,11,15H,2-4,7,9H2,1H3,(H,20,25). The maximum atomic E-state index is 12.5. The zero-order chi connectivity index (χ0) is 17.8. The summed E-state index contributed by atoms with van der Waals surface area (Å²) in [5.41, 5.74) is 0.690. The Hall–Kier alpha value is -2.00. The summed E-state index contributed by atoms with van der Waals surface area (Å²) >= 11 is 5.31. The summed E-state index contributed by atoms with van der Waals surface area (Å²) in [5, 5.41) is 7.04. The summed E-state index contributed by atoms with van der Waals surface area (Å²) in [6, 6.07) is 4.72. The molecule has 25 heavy (non-hydrogen) atoms. The van der Waals surface area contributed by atoms with Gasteiger partial charge < -0.3 is 14.2 Å². The molecule has 0 amide bonds. The van der Waals surface area contributed by atoms with E-state index in [0.717, 1.165) is 19.4 Å². The van der Waals surface area contributed by atoms with Gasteiger partial charge in [0.2, 0.25) is 0 Å². The van der Waals surface area contributed by atoms with Gasteiger partial charge in [-0.15, -0.1) is 0 Å². The highest BCUT2D eigenvalue weighted by atomic mass is 32.1. The number of halogens is 2. The van der Waals surface area contributed by atoms with E-state index in [4.69, 9.17) is 21.7 Å². The van der Waals surface area contributed by atoms with Crippen LogP contribution >= 0.6 is 12.2 Å². The maximum absolute atomic E-state index is 12.5. The quantitative estimate of drug-likeness (QED) is 0.751. The lowest BCUT2D eigenvalue weighted by Crippen LogP contribution is -2.16. The number of benzene rings is 1. The Labute approximate surface area is 148 Å². The number of aromatic nitrogens is 3. The number of hydrogen-bond donors (Lipinski definition) is 1. The molecule has 1 atom stereocenters. The monoisotopic (exact) mass is 371 g/mol. The Morgan fingerprint density at radius 1 is 1.44 bits per heavy atom. The normalized spacial score (nSPS) is 17.2. The molecule has 3 rings (SSSR count). The van der Waals surface area contributed by atoms with Crippen LogP contribution in [-0.4, -0.2) is 40.7 Å². The van der Waals surface area contributed by atoms with Crippen molar-refractivity contribution in [1.82, 2.24) is 14.8 Å². The molecule has 1 aliphatic heterocycles. The number of ether oxygens (including phenoxy) is 3. The predicted molar refractivity (Wildman–Crippen MR) is 89.6 cm³/mol. The molecule has 2 heterocycles. The Kier molecular flexibility index (Phi) is 5.64. The van der Waals surface area contributed by atoms with Gasteiger partial charge in [-0.3, -0.25) is 9.67 Å². The summed E-state index contributed by atoms with van der Waals surface area (Å²) < 4.78 is 43.0. The van der Waals surface area contributed by atoms with Gasteiger partial charge in [-0.2, -0.15) is 13.9 Å². The molecule has 0 aliphatic carbocycles. The van der Waals surface area contributed by atoms with E-state index in [1.165, 1.54) is 6.07 Å². The fourth-order valence-electron chi connectivity index (χ4n) is 2.81. The van der Waals surface area contributed by atoms with Crippen molar-refractivity contribution in [3.05, 3.63) is 23.0 Å². The van der Waals surface area contributed by atoms with Crippen molar-refractivity contribution in [3.63, 3.8) is 0 Å². The lowest BCUT2D eigenvalue weighted by molar-refractivity contribution is -0.0514. The first-order valence-electron chi connectivity index (χ1n) is 8.07. The zero-order valence-corrected chi connectivity index (χ0v) is 14.5. The second-order valence-electron chi connectivity index (χ2n) is 5.57. The van der Waals surface area contributed by atoms with Gasteiger partial charge in [-0.25, -0.2) is 0 Å². The van der Waals surface area contributed by atoms with E-state index in [1.54, 1.807) is 19.1 Å². The van der Waals surface area contributed by atoms with Crippen molar-refractivity contribution in [3.8, 4) is 22.9 Å². The largest absolute Gasteiger partial charge is 0.490 e. The minimum absolute atomic E-state index is 0.0135. The van der Waals surface area contributed by atoms with Crippen LogP contribution in [0.2, 0.25) is 0 Å². The summed E-state index contributed by atoms with van der Waals surface area (Å²) in [5.74, 6) is 0.823. The van der Waals surface area contributed by atoms with E-state index in [9.17, 15) is 8.78 Å². The van der Waals surface area contributed by atoms with E-state index >= 15 is 0 Å². The summed E-state index contributed by atoms with van der Waals surface area (Å²) in [6.07, 6.45) is 2.09. The van der Waals surface area contributed by atoms with Crippen LogP contribution in [0, 0.1) is 4.77 Å². The Balaban J connectivity index is 1.93. The van der Waals surface area contributed by atoms with Crippen LogP contribution in [0.5, 0.6) is 11.5 Å². The summed E-state index contributed by atoms with van der Waals surface area (Å²) in [7, 11) is 0. The van der Waals surface area contributed by atoms with Gasteiger partial charge in [0.15, 0.2) is 22.1 Å². The van der Waals surface area contributed by atoms with E-state index in [-0.39, 0.29) is 17.6 Å². The van der Waals surface area contributed by atoms with E-state index in [1.807, 2.05) is 4.57 Å². The van der Waals surface area contributed by atoms with Gasteiger partial charge in [0.05, 0.1) is 19.3 Å². The highest BCUT2D eigenvalue weighted by Crippen LogP contribution is 2.33. The number of alkyl halides is 2. The molecule has 6 nitrogen and oxygen atoms in total. The van der Waals surface area contributed by atoms with Crippen LogP contribution in [0.4, 0.5) is 8.78 Å². The lowest BCUT2D eigenvalue weighted by atomic mass is 10.1. The van der Waals surface area contributed by atoms with Crippen LogP contribution in [0.15, 0.2) is 18.2 Å². The van der Waals surface area contributed by atoms with Crippen molar-refractivity contribution in [2.75, 3.05) is 13.2 Å². The van der Waals surface area contributed by atoms with Crippen LogP contribution in [-0.2, 0) is 11.3 Å². The third-order valence-electron chi connectivity index (χ3n) is 3.89. The van der Waals surface area contributed by atoms with Crippen molar-refractivity contribution in [1.29, 1.82) is 0 Å². The average molecular weight is 371 g/mol. The first kappa shape index (κ1) is 17.8. The number of nitrogens with zero attached hydrogens (tertiary/aromatic N) is 2. The van der Waals surface area contributed by atoms with Crippen LogP contribution < -0.4 is 9.47 Å². The van der Waals surface area contributed by atoms with Gasteiger partial charge in [-0.1, -0.05) is 0 Å². The second-order valence-corrected chi connectivity index (χ2v) is 5.96.